The van der Waals surface area contributed by atoms with E-state index in [2.05, 4.69) is 42.5 Å². The van der Waals surface area contributed by atoms with Crippen LogP contribution in [0.3, 0.4) is 0 Å². The summed E-state index contributed by atoms with van der Waals surface area (Å²) >= 11 is 6.99. The summed E-state index contributed by atoms with van der Waals surface area (Å²) in [6.45, 7) is 0. The van der Waals surface area contributed by atoms with Crippen LogP contribution in [0.25, 0.3) is 0 Å². The molecule has 0 amide bonds. The van der Waals surface area contributed by atoms with Crippen LogP contribution in [0.15, 0.2) is 54.6 Å². The molecule has 0 atom stereocenters. The third-order valence-electron chi connectivity index (χ3n) is 1.79. The molecule has 2 aromatic rings. The summed E-state index contributed by atoms with van der Waals surface area (Å²) in [6, 6.07) is 18.9. The Balaban J connectivity index is 1.96. The van der Waals surface area contributed by atoms with Crippen LogP contribution in [-0.2, 0) is 0 Å². The molecule has 0 unspecified atom stereocenters. The summed E-state index contributed by atoms with van der Waals surface area (Å²) in [5.74, 6) is 0. The third-order valence-corrected chi connectivity index (χ3v) is 9.27. The molecule has 0 fully saturated rings. The molecule has 15 heavy (non-hydrogen) atoms. The minimum atomic E-state index is 0.568. The SMILES string of the molecule is Clc1ccc([Se][Se]c2ccccc2)cc1. The Bertz CT molecular complexity index is 411. The van der Waals surface area contributed by atoms with Crippen LogP contribution in [-0.4, -0.2) is 26.3 Å². The second-order valence-corrected chi connectivity index (χ2v) is 9.68. The molecule has 0 saturated carbocycles. The number of hydrogen-bond acceptors (Lipinski definition) is 0. The van der Waals surface area contributed by atoms with E-state index in [4.69, 9.17) is 11.6 Å². The second-order valence-electron chi connectivity index (χ2n) is 2.93. The van der Waals surface area contributed by atoms with Crippen molar-refractivity contribution in [3.05, 3.63) is 59.6 Å². The van der Waals surface area contributed by atoms with Crippen molar-refractivity contribution in [3.8, 4) is 0 Å². The van der Waals surface area contributed by atoms with Gasteiger partial charge in [0.2, 0.25) is 0 Å². The summed E-state index contributed by atoms with van der Waals surface area (Å²) in [4.78, 5) is 0. The van der Waals surface area contributed by atoms with Gasteiger partial charge in [0, 0.05) is 0 Å². The number of halogens is 1. The quantitative estimate of drug-likeness (QED) is 0.741. The van der Waals surface area contributed by atoms with E-state index in [1.807, 2.05) is 12.1 Å². The van der Waals surface area contributed by atoms with E-state index >= 15 is 0 Å². The summed E-state index contributed by atoms with van der Waals surface area (Å²) in [5.41, 5.74) is 0. The predicted octanol–water partition coefficient (Wildman–Crippen LogP) is 1.61. The molecule has 0 aliphatic carbocycles. The van der Waals surface area contributed by atoms with Crippen LogP contribution in [0, 0.1) is 0 Å². The number of benzene rings is 2. The van der Waals surface area contributed by atoms with Crippen LogP contribution < -0.4 is 8.92 Å². The van der Waals surface area contributed by atoms with Gasteiger partial charge in [-0.25, -0.2) is 0 Å². The summed E-state index contributed by atoms with van der Waals surface area (Å²) in [7, 11) is 0. The molecule has 0 spiro atoms. The molecule has 3 heteroatoms. The van der Waals surface area contributed by atoms with Gasteiger partial charge >= 0.3 is 106 Å². The van der Waals surface area contributed by atoms with E-state index < -0.39 is 0 Å². The van der Waals surface area contributed by atoms with Crippen molar-refractivity contribution >= 4 is 46.8 Å². The molecule has 0 aromatic heterocycles. The zero-order valence-corrected chi connectivity index (χ0v) is 12.1. The van der Waals surface area contributed by atoms with Gasteiger partial charge in [0.15, 0.2) is 0 Å². The van der Waals surface area contributed by atoms with Crippen LogP contribution in [0.1, 0.15) is 0 Å². The van der Waals surface area contributed by atoms with Crippen molar-refractivity contribution in [2.45, 2.75) is 0 Å². The molecular weight excluding hydrogens is 338 g/mol. The summed E-state index contributed by atoms with van der Waals surface area (Å²) < 4.78 is 2.90. The molecule has 0 aliphatic rings. The van der Waals surface area contributed by atoms with Crippen LogP contribution in [0.4, 0.5) is 0 Å². The van der Waals surface area contributed by atoms with Gasteiger partial charge in [0.05, 0.1) is 0 Å². The second kappa shape index (κ2) is 5.74. The first-order valence-electron chi connectivity index (χ1n) is 4.50. The molecule has 0 N–H and O–H groups in total. The van der Waals surface area contributed by atoms with E-state index in [0.29, 0.717) is 26.3 Å². The Morgan fingerprint density at radius 3 is 1.80 bits per heavy atom. The Morgan fingerprint density at radius 1 is 0.667 bits per heavy atom. The summed E-state index contributed by atoms with van der Waals surface area (Å²) in [5, 5.41) is 0.821. The van der Waals surface area contributed by atoms with Gasteiger partial charge < -0.3 is 0 Å². The number of hydrogen-bond donors (Lipinski definition) is 0. The fraction of sp³-hybridized carbons (Fsp3) is 0. The maximum absolute atomic E-state index is 5.84. The Labute approximate surface area is 106 Å². The first-order chi connectivity index (χ1) is 7.34. The fourth-order valence-electron chi connectivity index (χ4n) is 1.06. The maximum atomic E-state index is 5.84. The zero-order valence-electron chi connectivity index (χ0n) is 7.89. The van der Waals surface area contributed by atoms with E-state index in [1.54, 1.807) is 0 Å². The third kappa shape index (κ3) is 3.68. The van der Waals surface area contributed by atoms with Crippen molar-refractivity contribution in [1.82, 2.24) is 0 Å². The minimum absolute atomic E-state index is 0.568. The van der Waals surface area contributed by atoms with Crippen molar-refractivity contribution in [2.24, 2.45) is 0 Å². The normalized spacial score (nSPS) is 10.2. The van der Waals surface area contributed by atoms with E-state index in [0.717, 1.165) is 5.02 Å². The standard InChI is InChI=1S/C12H9ClSe2/c13-10-6-8-12(9-7-10)15-14-11-4-2-1-3-5-11/h1-9H. The van der Waals surface area contributed by atoms with Gasteiger partial charge in [0.25, 0.3) is 0 Å². The fourth-order valence-corrected chi connectivity index (χ4v) is 7.19. The van der Waals surface area contributed by atoms with Crippen LogP contribution >= 0.6 is 11.6 Å². The average molecular weight is 347 g/mol. The van der Waals surface area contributed by atoms with Crippen molar-refractivity contribution < 1.29 is 0 Å². The number of rotatable bonds is 3. The van der Waals surface area contributed by atoms with E-state index in [1.165, 1.54) is 8.92 Å². The predicted molar refractivity (Wildman–Crippen MR) is 68.7 cm³/mol. The van der Waals surface area contributed by atoms with Crippen LogP contribution in [0.2, 0.25) is 5.02 Å². The van der Waals surface area contributed by atoms with Gasteiger partial charge in [-0.3, -0.25) is 0 Å². The molecule has 0 aliphatic heterocycles. The average Bonchev–Trinajstić information content (AvgIpc) is 2.30. The summed E-state index contributed by atoms with van der Waals surface area (Å²) in [6.07, 6.45) is 0. The van der Waals surface area contributed by atoms with Crippen molar-refractivity contribution in [3.63, 3.8) is 0 Å². The van der Waals surface area contributed by atoms with Gasteiger partial charge in [-0.1, -0.05) is 0 Å². The van der Waals surface area contributed by atoms with Crippen molar-refractivity contribution in [1.29, 1.82) is 0 Å². The molecule has 76 valence electrons. The first kappa shape index (κ1) is 11.3. The molecule has 2 rings (SSSR count). The Morgan fingerprint density at radius 2 is 1.20 bits per heavy atom. The van der Waals surface area contributed by atoms with Gasteiger partial charge in [-0.2, -0.15) is 0 Å². The molecule has 0 heterocycles. The molecule has 0 radical (unpaired) electrons. The molecular formula is C12H9ClSe2. The first-order valence-corrected chi connectivity index (χ1v) is 10.9. The molecule has 0 bridgehead atoms. The molecule has 0 nitrogen and oxygen atoms in total. The van der Waals surface area contributed by atoms with Gasteiger partial charge in [-0.05, 0) is 0 Å². The molecule has 0 saturated heterocycles. The Kier molecular flexibility index (Phi) is 4.31. The Hall–Kier alpha value is -0.231. The van der Waals surface area contributed by atoms with E-state index in [-0.39, 0.29) is 0 Å². The van der Waals surface area contributed by atoms with Crippen LogP contribution in [0.5, 0.6) is 0 Å². The van der Waals surface area contributed by atoms with Gasteiger partial charge in [-0.15, -0.1) is 0 Å². The van der Waals surface area contributed by atoms with Crippen molar-refractivity contribution in [2.75, 3.05) is 0 Å². The monoisotopic (exact) mass is 348 g/mol. The van der Waals surface area contributed by atoms with Gasteiger partial charge in [0.1, 0.15) is 0 Å². The van der Waals surface area contributed by atoms with E-state index in [9.17, 15) is 0 Å². The zero-order chi connectivity index (χ0) is 10.5. The topological polar surface area (TPSA) is 0 Å². The molecule has 2 aromatic carbocycles.